The van der Waals surface area contributed by atoms with Gasteiger partial charge in [-0.1, -0.05) is 6.07 Å². The molecular formula is C26H27F3N8O3S2. The van der Waals surface area contributed by atoms with E-state index in [1.54, 1.807) is 12.4 Å². The minimum Gasteiger partial charge on any atom is -0.382 e. The van der Waals surface area contributed by atoms with Crippen molar-refractivity contribution in [2.24, 2.45) is 5.73 Å². The molecule has 1 amide bonds. The number of hydrogen-bond donors (Lipinski definition) is 2. The van der Waals surface area contributed by atoms with E-state index in [-0.39, 0.29) is 29.2 Å². The van der Waals surface area contributed by atoms with Crippen molar-refractivity contribution in [3.8, 4) is 21.8 Å². The van der Waals surface area contributed by atoms with E-state index in [1.807, 2.05) is 19.1 Å². The summed E-state index contributed by atoms with van der Waals surface area (Å²) in [5.74, 6) is -1.75. The van der Waals surface area contributed by atoms with Crippen LogP contribution in [0, 0.1) is 6.92 Å². The van der Waals surface area contributed by atoms with Crippen LogP contribution in [-0.4, -0.2) is 74.3 Å². The zero-order chi connectivity index (χ0) is 30.1. The summed E-state index contributed by atoms with van der Waals surface area (Å²) >= 11 is 1.52. The van der Waals surface area contributed by atoms with Crippen molar-refractivity contribution in [2.75, 3.05) is 12.0 Å². The number of aromatic nitrogens is 5. The quantitative estimate of drug-likeness (QED) is 0.341. The number of nitrogens with zero attached hydrogens (tertiary/aromatic N) is 6. The summed E-state index contributed by atoms with van der Waals surface area (Å²) in [6, 6.07) is -0.00838. The van der Waals surface area contributed by atoms with Crippen LogP contribution >= 0.6 is 11.3 Å². The average Bonchev–Trinajstić information content (AvgIpc) is 3.62. The van der Waals surface area contributed by atoms with E-state index < -0.39 is 46.0 Å². The number of hydrogen-bond acceptors (Lipinski definition) is 10. The predicted octanol–water partition coefficient (Wildman–Crippen LogP) is 3.34. The van der Waals surface area contributed by atoms with E-state index in [0.717, 1.165) is 16.1 Å². The van der Waals surface area contributed by atoms with Crippen LogP contribution in [0.15, 0.2) is 35.6 Å². The summed E-state index contributed by atoms with van der Waals surface area (Å²) in [4.78, 5) is 28.5. The van der Waals surface area contributed by atoms with Crippen molar-refractivity contribution >= 4 is 38.5 Å². The molecule has 42 heavy (non-hydrogen) atoms. The Bertz CT molecular complexity index is 1790. The largest absolute Gasteiger partial charge is 0.412 e. The SMILES string of the molecule is Cc1cnc(-c2ccc(-c3cnn4c(N)c(S(C)(=O)=O)c([C@H]5C[C@H]6CC[C@@H](C5)N6C(=O)C(N)C(F)(F)F)nc34)cn2)s1. The van der Waals surface area contributed by atoms with Crippen LogP contribution < -0.4 is 11.5 Å². The van der Waals surface area contributed by atoms with Crippen LogP contribution in [0.2, 0.25) is 0 Å². The predicted molar refractivity (Wildman–Crippen MR) is 149 cm³/mol. The lowest BCUT2D eigenvalue weighted by Gasteiger charge is -2.40. The summed E-state index contributed by atoms with van der Waals surface area (Å²) in [5.41, 5.74) is 14.1. The van der Waals surface area contributed by atoms with E-state index in [1.165, 1.54) is 26.9 Å². The number of nitrogen functional groups attached to an aromatic ring is 1. The number of rotatable bonds is 5. The molecule has 0 spiro atoms. The third kappa shape index (κ3) is 4.80. The van der Waals surface area contributed by atoms with E-state index in [0.29, 0.717) is 35.3 Å². The van der Waals surface area contributed by atoms with Crippen molar-refractivity contribution in [2.45, 2.75) is 67.7 Å². The fourth-order valence-corrected chi connectivity index (χ4v) is 7.89. The first-order valence-corrected chi connectivity index (χ1v) is 15.9. The number of nitrogens with two attached hydrogens (primary N) is 2. The third-order valence-corrected chi connectivity index (χ3v) is 10.0. The molecule has 6 rings (SSSR count). The van der Waals surface area contributed by atoms with Gasteiger partial charge in [-0.05, 0) is 38.7 Å². The Balaban J connectivity index is 1.39. The summed E-state index contributed by atoms with van der Waals surface area (Å²) in [7, 11) is -3.89. The van der Waals surface area contributed by atoms with Crippen LogP contribution in [-0.2, 0) is 14.6 Å². The Morgan fingerprint density at radius 3 is 2.36 bits per heavy atom. The molecular weight excluding hydrogens is 593 g/mol. The van der Waals surface area contributed by atoms with Gasteiger partial charge in [0.2, 0.25) is 5.91 Å². The zero-order valence-electron chi connectivity index (χ0n) is 22.5. The molecule has 0 saturated carbocycles. The van der Waals surface area contributed by atoms with Gasteiger partial charge < -0.3 is 16.4 Å². The van der Waals surface area contributed by atoms with Gasteiger partial charge in [0.15, 0.2) is 21.5 Å². The normalized spacial score (nSPS) is 21.7. The van der Waals surface area contributed by atoms with E-state index in [9.17, 15) is 26.4 Å². The molecule has 4 N–H and O–H groups in total. The van der Waals surface area contributed by atoms with Crippen molar-refractivity contribution in [1.29, 1.82) is 0 Å². The number of pyridine rings is 1. The molecule has 4 atom stereocenters. The summed E-state index contributed by atoms with van der Waals surface area (Å²) < 4.78 is 66.9. The lowest BCUT2D eigenvalue weighted by atomic mass is 9.87. The molecule has 2 bridgehead atoms. The number of alkyl halides is 3. The zero-order valence-corrected chi connectivity index (χ0v) is 24.2. The lowest BCUT2D eigenvalue weighted by Crippen LogP contribution is -2.57. The Morgan fingerprint density at radius 1 is 1.12 bits per heavy atom. The molecule has 2 fully saturated rings. The first-order valence-electron chi connectivity index (χ1n) is 13.1. The maximum absolute atomic E-state index is 13.2. The van der Waals surface area contributed by atoms with Crippen LogP contribution in [0.3, 0.4) is 0 Å². The minimum absolute atomic E-state index is 0.114. The maximum Gasteiger partial charge on any atom is 0.412 e. The molecule has 16 heteroatoms. The highest BCUT2D eigenvalue weighted by atomic mass is 32.2. The number of sulfone groups is 1. The van der Waals surface area contributed by atoms with Gasteiger partial charge in [-0.2, -0.15) is 22.8 Å². The van der Waals surface area contributed by atoms with Gasteiger partial charge in [-0.3, -0.25) is 9.78 Å². The van der Waals surface area contributed by atoms with Gasteiger partial charge in [-0.25, -0.2) is 18.4 Å². The third-order valence-electron chi connectivity index (χ3n) is 7.94. The van der Waals surface area contributed by atoms with Gasteiger partial charge >= 0.3 is 6.18 Å². The van der Waals surface area contributed by atoms with Crippen LogP contribution in [0.5, 0.6) is 0 Å². The number of aryl methyl sites for hydroxylation is 1. The number of anilines is 1. The lowest BCUT2D eigenvalue weighted by molar-refractivity contribution is -0.173. The van der Waals surface area contributed by atoms with Gasteiger partial charge in [0.05, 0.1) is 17.6 Å². The summed E-state index contributed by atoms with van der Waals surface area (Å²) in [5, 5.41) is 5.09. The van der Waals surface area contributed by atoms with Crippen molar-refractivity contribution in [1.82, 2.24) is 29.5 Å². The molecule has 222 valence electrons. The fourth-order valence-electron chi connectivity index (χ4n) is 6.09. The highest BCUT2D eigenvalue weighted by Gasteiger charge is 2.51. The molecule has 4 aromatic rings. The number of carbonyl (C=O) groups excluding carboxylic acids is 1. The van der Waals surface area contributed by atoms with Gasteiger partial charge in [0.25, 0.3) is 0 Å². The molecule has 2 saturated heterocycles. The van der Waals surface area contributed by atoms with Gasteiger partial charge in [0.1, 0.15) is 15.7 Å². The van der Waals surface area contributed by atoms with Crippen LogP contribution in [0.25, 0.3) is 27.5 Å². The number of fused-ring (bicyclic) bond motifs is 3. The first-order chi connectivity index (χ1) is 19.7. The molecule has 0 aliphatic carbocycles. The van der Waals surface area contributed by atoms with Crippen LogP contribution in [0.1, 0.15) is 42.2 Å². The molecule has 1 unspecified atom stereocenters. The molecule has 0 aromatic carbocycles. The number of piperidine rings is 1. The maximum atomic E-state index is 13.2. The second-order valence-electron chi connectivity index (χ2n) is 10.8. The van der Waals surface area contributed by atoms with Crippen molar-refractivity contribution in [3.63, 3.8) is 0 Å². The molecule has 6 heterocycles. The van der Waals surface area contributed by atoms with Crippen molar-refractivity contribution in [3.05, 3.63) is 41.3 Å². The summed E-state index contributed by atoms with van der Waals surface area (Å²) in [6.07, 6.45) is 2.54. The second kappa shape index (κ2) is 9.98. The van der Waals surface area contributed by atoms with E-state index in [4.69, 9.17) is 16.5 Å². The highest BCUT2D eigenvalue weighted by molar-refractivity contribution is 7.91. The molecule has 0 radical (unpaired) electrons. The summed E-state index contributed by atoms with van der Waals surface area (Å²) in [6.45, 7) is 1.96. The van der Waals surface area contributed by atoms with Gasteiger partial charge in [-0.15, -0.1) is 11.3 Å². The Kier molecular flexibility index (Phi) is 6.77. The molecule has 4 aromatic heterocycles. The Morgan fingerprint density at radius 2 is 1.81 bits per heavy atom. The first kappa shape index (κ1) is 28.5. The number of thiazole rings is 1. The number of halogens is 3. The van der Waals surface area contributed by atoms with Gasteiger partial charge in [0, 0.05) is 52.7 Å². The highest BCUT2D eigenvalue weighted by Crippen LogP contribution is 2.46. The Labute approximate surface area is 242 Å². The number of carbonyl (C=O) groups is 1. The van der Waals surface area contributed by atoms with Crippen LogP contribution in [0.4, 0.5) is 19.0 Å². The molecule has 2 aliphatic rings. The average molecular weight is 621 g/mol. The van der Waals surface area contributed by atoms with E-state index in [2.05, 4.69) is 15.1 Å². The fraction of sp³-hybridized carbons (Fsp3) is 0.423. The smallest absolute Gasteiger partial charge is 0.382 e. The monoisotopic (exact) mass is 620 g/mol. The standard InChI is InChI=1S/C26H27F3N8O3S2/c1-12-9-33-24(41-12)18-6-3-13(10-32-18)17-11-34-37-22(31)20(42(2,39)40)19(35-23(17)37)14-7-15-4-5-16(8-14)36(15)25(38)21(30)26(27,28)29/h3,6,9-11,14-16,21H,4-5,7-8,30-31H2,1-2H3/t14-,15+,16-,21?. The Hall–Kier alpha value is -3.63. The molecule has 11 nitrogen and oxygen atoms in total. The van der Waals surface area contributed by atoms with Crippen molar-refractivity contribution < 1.29 is 26.4 Å². The number of amides is 1. The topological polar surface area (TPSA) is 162 Å². The minimum atomic E-state index is -4.86. The van der Waals surface area contributed by atoms with E-state index >= 15 is 0 Å². The molecule has 2 aliphatic heterocycles. The second-order valence-corrected chi connectivity index (χ2v) is 14.0.